The standard InChI is InChI=1S/C18H18BrNO/c1-18(2,3)16-10-15(19)8-9-17(16)21-12-14-7-5-4-6-13(14)11-20/h4-10H,12H2,1-3H3. The lowest BCUT2D eigenvalue weighted by Crippen LogP contribution is -2.13. The van der Waals surface area contributed by atoms with Gasteiger partial charge in [-0.2, -0.15) is 5.26 Å². The van der Waals surface area contributed by atoms with Gasteiger partial charge in [0.05, 0.1) is 11.6 Å². The van der Waals surface area contributed by atoms with E-state index in [1.807, 2.05) is 36.4 Å². The summed E-state index contributed by atoms with van der Waals surface area (Å²) in [6.07, 6.45) is 0. The Morgan fingerprint density at radius 3 is 2.52 bits per heavy atom. The lowest BCUT2D eigenvalue weighted by Gasteiger charge is -2.23. The van der Waals surface area contributed by atoms with Crippen LogP contribution in [0.4, 0.5) is 0 Å². The van der Waals surface area contributed by atoms with Gasteiger partial charge in [0.2, 0.25) is 0 Å². The normalized spacial score (nSPS) is 11.0. The highest BCUT2D eigenvalue weighted by atomic mass is 79.9. The number of hydrogen-bond donors (Lipinski definition) is 0. The van der Waals surface area contributed by atoms with E-state index in [1.165, 1.54) is 0 Å². The highest BCUT2D eigenvalue weighted by Gasteiger charge is 2.19. The first-order valence-electron chi connectivity index (χ1n) is 6.82. The van der Waals surface area contributed by atoms with Gasteiger partial charge in [0.15, 0.2) is 0 Å². The van der Waals surface area contributed by atoms with Crippen LogP contribution >= 0.6 is 15.9 Å². The molecule has 0 bridgehead atoms. The molecule has 3 heteroatoms. The van der Waals surface area contributed by atoms with Crippen LogP contribution < -0.4 is 4.74 Å². The minimum absolute atomic E-state index is 0.00609. The number of rotatable bonds is 3. The third-order valence-corrected chi connectivity index (χ3v) is 3.76. The second-order valence-corrected chi connectivity index (χ2v) is 6.86. The van der Waals surface area contributed by atoms with Crippen molar-refractivity contribution in [2.24, 2.45) is 0 Å². The molecule has 0 aromatic heterocycles. The molecule has 0 spiro atoms. The zero-order valence-corrected chi connectivity index (χ0v) is 14.1. The van der Waals surface area contributed by atoms with Crippen LogP contribution in [-0.4, -0.2) is 0 Å². The second kappa shape index (κ2) is 6.32. The third kappa shape index (κ3) is 3.86. The Kier molecular flexibility index (Phi) is 4.69. The summed E-state index contributed by atoms with van der Waals surface area (Å²) in [5.41, 5.74) is 2.70. The van der Waals surface area contributed by atoms with Gasteiger partial charge in [-0.05, 0) is 29.7 Å². The summed E-state index contributed by atoms with van der Waals surface area (Å²) in [6, 6.07) is 15.8. The van der Waals surface area contributed by atoms with E-state index in [2.05, 4.69) is 48.8 Å². The smallest absolute Gasteiger partial charge is 0.123 e. The molecule has 0 amide bonds. The Morgan fingerprint density at radius 1 is 1.14 bits per heavy atom. The van der Waals surface area contributed by atoms with E-state index >= 15 is 0 Å². The molecule has 0 atom stereocenters. The Bertz CT molecular complexity index is 680. The molecule has 0 fully saturated rings. The lowest BCUT2D eigenvalue weighted by atomic mass is 9.86. The molecular weight excluding hydrogens is 326 g/mol. The molecule has 0 heterocycles. The summed E-state index contributed by atoms with van der Waals surface area (Å²) in [5, 5.41) is 9.12. The zero-order valence-electron chi connectivity index (χ0n) is 12.5. The lowest BCUT2D eigenvalue weighted by molar-refractivity contribution is 0.297. The fourth-order valence-corrected chi connectivity index (χ4v) is 2.49. The van der Waals surface area contributed by atoms with Crippen molar-refractivity contribution in [3.63, 3.8) is 0 Å². The average Bonchev–Trinajstić information content (AvgIpc) is 2.45. The number of halogens is 1. The Morgan fingerprint density at radius 2 is 1.86 bits per heavy atom. The molecule has 0 aliphatic heterocycles. The highest BCUT2D eigenvalue weighted by molar-refractivity contribution is 9.10. The van der Waals surface area contributed by atoms with Gasteiger partial charge in [-0.3, -0.25) is 0 Å². The van der Waals surface area contributed by atoms with Crippen molar-refractivity contribution in [1.82, 2.24) is 0 Å². The van der Waals surface area contributed by atoms with Crippen LogP contribution in [0, 0.1) is 11.3 Å². The molecule has 2 aromatic rings. The van der Waals surface area contributed by atoms with Crippen molar-refractivity contribution in [2.75, 3.05) is 0 Å². The maximum atomic E-state index is 9.12. The van der Waals surface area contributed by atoms with Gasteiger partial charge in [0, 0.05) is 15.6 Å². The molecule has 0 aliphatic carbocycles. The van der Waals surface area contributed by atoms with Crippen LogP contribution in [0.2, 0.25) is 0 Å². The molecule has 2 rings (SSSR count). The highest BCUT2D eigenvalue weighted by Crippen LogP contribution is 2.34. The minimum atomic E-state index is -0.00609. The van der Waals surface area contributed by atoms with Gasteiger partial charge >= 0.3 is 0 Å². The maximum Gasteiger partial charge on any atom is 0.123 e. The molecule has 2 aromatic carbocycles. The van der Waals surface area contributed by atoms with Crippen molar-refractivity contribution < 1.29 is 4.74 Å². The number of ether oxygens (including phenoxy) is 1. The molecule has 0 saturated heterocycles. The van der Waals surface area contributed by atoms with Crippen LogP contribution in [0.5, 0.6) is 5.75 Å². The van der Waals surface area contributed by atoms with Crippen molar-refractivity contribution in [3.05, 3.63) is 63.6 Å². The third-order valence-electron chi connectivity index (χ3n) is 3.27. The van der Waals surface area contributed by atoms with E-state index < -0.39 is 0 Å². The van der Waals surface area contributed by atoms with Crippen molar-refractivity contribution >= 4 is 15.9 Å². The van der Waals surface area contributed by atoms with Gasteiger partial charge < -0.3 is 4.74 Å². The molecule has 0 saturated carbocycles. The molecule has 0 unspecified atom stereocenters. The van der Waals surface area contributed by atoms with E-state index in [1.54, 1.807) is 0 Å². The van der Waals surface area contributed by atoms with Crippen molar-refractivity contribution in [2.45, 2.75) is 32.8 Å². The number of nitriles is 1. The molecule has 0 N–H and O–H groups in total. The van der Waals surface area contributed by atoms with Crippen LogP contribution in [0.3, 0.4) is 0 Å². The van der Waals surface area contributed by atoms with E-state index in [9.17, 15) is 0 Å². The molecule has 21 heavy (non-hydrogen) atoms. The van der Waals surface area contributed by atoms with Crippen LogP contribution in [0.1, 0.15) is 37.5 Å². The average molecular weight is 344 g/mol. The molecule has 0 radical (unpaired) electrons. The fourth-order valence-electron chi connectivity index (χ4n) is 2.12. The molecule has 108 valence electrons. The summed E-state index contributed by atoms with van der Waals surface area (Å²) in [6.45, 7) is 6.87. The first-order chi connectivity index (χ1) is 9.91. The summed E-state index contributed by atoms with van der Waals surface area (Å²) < 4.78 is 7.01. The van der Waals surface area contributed by atoms with E-state index in [0.717, 1.165) is 21.3 Å². The first-order valence-corrected chi connectivity index (χ1v) is 7.62. The van der Waals surface area contributed by atoms with Gasteiger partial charge in [-0.15, -0.1) is 0 Å². The van der Waals surface area contributed by atoms with Gasteiger partial charge in [-0.1, -0.05) is 54.9 Å². The van der Waals surface area contributed by atoms with Crippen LogP contribution in [0.25, 0.3) is 0 Å². The Hall–Kier alpha value is -1.79. The van der Waals surface area contributed by atoms with Crippen LogP contribution in [0.15, 0.2) is 46.9 Å². The predicted octanol–water partition coefficient (Wildman–Crippen LogP) is 5.20. The molecule has 2 nitrogen and oxygen atoms in total. The number of benzene rings is 2. The van der Waals surface area contributed by atoms with Gasteiger partial charge in [0.1, 0.15) is 12.4 Å². The van der Waals surface area contributed by atoms with Crippen molar-refractivity contribution in [1.29, 1.82) is 5.26 Å². The molecule has 0 aliphatic rings. The summed E-state index contributed by atoms with van der Waals surface area (Å²) in [5.74, 6) is 0.860. The summed E-state index contributed by atoms with van der Waals surface area (Å²) >= 11 is 3.51. The van der Waals surface area contributed by atoms with Gasteiger partial charge in [0.25, 0.3) is 0 Å². The topological polar surface area (TPSA) is 33.0 Å². The van der Waals surface area contributed by atoms with Crippen LogP contribution in [-0.2, 0) is 12.0 Å². The Labute approximate surface area is 134 Å². The largest absolute Gasteiger partial charge is 0.489 e. The van der Waals surface area contributed by atoms with E-state index in [-0.39, 0.29) is 5.41 Å². The summed E-state index contributed by atoms with van der Waals surface area (Å²) in [4.78, 5) is 0. The number of hydrogen-bond acceptors (Lipinski definition) is 2. The zero-order chi connectivity index (χ0) is 15.5. The maximum absolute atomic E-state index is 9.12. The van der Waals surface area contributed by atoms with E-state index in [4.69, 9.17) is 10.00 Å². The quantitative estimate of drug-likeness (QED) is 0.767. The monoisotopic (exact) mass is 343 g/mol. The van der Waals surface area contributed by atoms with E-state index in [0.29, 0.717) is 12.2 Å². The fraction of sp³-hybridized carbons (Fsp3) is 0.278. The van der Waals surface area contributed by atoms with Crippen molar-refractivity contribution in [3.8, 4) is 11.8 Å². The Balaban J connectivity index is 2.27. The minimum Gasteiger partial charge on any atom is -0.489 e. The van der Waals surface area contributed by atoms with Gasteiger partial charge in [-0.25, -0.2) is 0 Å². The molecular formula is C18H18BrNO. The number of nitrogens with zero attached hydrogens (tertiary/aromatic N) is 1. The first kappa shape index (κ1) is 15.6. The summed E-state index contributed by atoms with van der Waals surface area (Å²) in [7, 11) is 0. The predicted molar refractivity (Wildman–Crippen MR) is 88.3 cm³/mol. The second-order valence-electron chi connectivity index (χ2n) is 5.95. The SMILES string of the molecule is CC(C)(C)c1cc(Br)ccc1OCc1ccccc1C#N.